The van der Waals surface area contributed by atoms with Gasteiger partial charge in [0.1, 0.15) is 5.76 Å². The second-order valence-electron chi connectivity index (χ2n) is 5.96. The molecule has 1 aromatic heterocycles. The number of carbonyl (C=O) groups is 1. The minimum absolute atomic E-state index is 0.0631. The zero-order valence-corrected chi connectivity index (χ0v) is 14.8. The van der Waals surface area contributed by atoms with Gasteiger partial charge >= 0.3 is 0 Å². The van der Waals surface area contributed by atoms with Crippen LogP contribution in [-0.2, 0) is 11.2 Å². The molecule has 128 valence electrons. The van der Waals surface area contributed by atoms with Gasteiger partial charge in [0.05, 0.1) is 18.7 Å². The molecule has 4 nitrogen and oxygen atoms in total. The first kappa shape index (κ1) is 17.3. The maximum absolute atomic E-state index is 12.3. The lowest BCUT2D eigenvalue weighted by molar-refractivity contribution is -0.120. The molecule has 1 atom stereocenters. The smallest absolute Gasteiger partial charge is 0.224 e. The fraction of sp³-hybridized carbons (Fsp3) is 0.389. The summed E-state index contributed by atoms with van der Waals surface area (Å²) < 4.78 is 5.56. The number of furan rings is 1. The highest BCUT2D eigenvalue weighted by Crippen LogP contribution is 2.26. The van der Waals surface area contributed by atoms with Crippen LogP contribution in [0, 0.1) is 0 Å². The van der Waals surface area contributed by atoms with Gasteiger partial charge in [0, 0.05) is 16.6 Å². The third-order valence-corrected chi connectivity index (χ3v) is 5.05. The number of nitrogens with one attached hydrogen (secondary N) is 1. The van der Waals surface area contributed by atoms with Crippen LogP contribution in [0.1, 0.15) is 30.2 Å². The highest BCUT2D eigenvalue weighted by molar-refractivity contribution is 6.36. The Hall–Kier alpha value is -1.49. The van der Waals surface area contributed by atoms with Crippen LogP contribution in [0.25, 0.3) is 0 Å². The van der Waals surface area contributed by atoms with Gasteiger partial charge in [-0.2, -0.15) is 0 Å². The first-order valence-corrected chi connectivity index (χ1v) is 8.88. The lowest BCUT2D eigenvalue weighted by Gasteiger charge is -2.26. The van der Waals surface area contributed by atoms with Crippen molar-refractivity contribution in [3.8, 4) is 0 Å². The highest BCUT2D eigenvalue weighted by Gasteiger charge is 2.26. The molecule has 1 aliphatic rings. The molecule has 1 aliphatic heterocycles. The van der Waals surface area contributed by atoms with E-state index in [4.69, 9.17) is 27.6 Å². The molecule has 0 radical (unpaired) electrons. The summed E-state index contributed by atoms with van der Waals surface area (Å²) in [5, 5.41) is 4.02. The van der Waals surface area contributed by atoms with Crippen LogP contribution in [0.4, 0.5) is 0 Å². The molecule has 0 saturated carbocycles. The van der Waals surface area contributed by atoms with Gasteiger partial charge in [0.2, 0.25) is 5.91 Å². The molecule has 2 heterocycles. The average molecular weight is 367 g/mol. The Morgan fingerprint density at radius 2 is 1.88 bits per heavy atom. The standard InChI is InChI=1S/C18H20Cl2N2O2/c19-14-5-3-6-15(20)13(14)11-18(23)21-12-16(17-7-4-10-24-17)22-8-1-2-9-22/h3-7,10,16H,1-2,8-9,11-12H2,(H,21,23)/t16-/m0/s1. The van der Waals surface area contributed by atoms with E-state index in [1.807, 2.05) is 12.1 Å². The Bertz CT molecular complexity index is 662. The molecule has 3 rings (SSSR count). The van der Waals surface area contributed by atoms with Gasteiger partial charge in [-0.15, -0.1) is 0 Å². The quantitative estimate of drug-likeness (QED) is 0.837. The minimum atomic E-state index is -0.0965. The summed E-state index contributed by atoms with van der Waals surface area (Å²) in [5.74, 6) is 0.786. The van der Waals surface area contributed by atoms with Gasteiger partial charge in [0.15, 0.2) is 0 Å². The topological polar surface area (TPSA) is 45.5 Å². The Labute approximate surface area is 151 Å². The number of amides is 1. The van der Waals surface area contributed by atoms with Crippen molar-refractivity contribution in [1.82, 2.24) is 10.2 Å². The van der Waals surface area contributed by atoms with Gasteiger partial charge in [-0.3, -0.25) is 9.69 Å². The van der Waals surface area contributed by atoms with Crippen LogP contribution >= 0.6 is 23.2 Å². The van der Waals surface area contributed by atoms with E-state index < -0.39 is 0 Å². The first-order chi connectivity index (χ1) is 11.6. The molecule has 2 aromatic rings. The largest absolute Gasteiger partial charge is 0.468 e. The molecule has 0 unspecified atom stereocenters. The fourth-order valence-corrected chi connectivity index (χ4v) is 3.61. The van der Waals surface area contributed by atoms with Gasteiger partial charge in [0.25, 0.3) is 0 Å². The Balaban J connectivity index is 1.63. The second kappa shape index (κ2) is 8.06. The van der Waals surface area contributed by atoms with E-state index >= 15 is 0 Å². The van der Waals surface area contributed by atoms with Gasteiger partial charge in [-0.05, 0) is 55.8 Å². The zero-order valence-electron chi connectivity index (χ0n) is 13.3. The van der Waals surface area contributed by atoms with Crippen LogP contribution in [0.3, 0.4) is 0 Å². The summed E-state index contributed by atoms with van der Waals surface area (Å²) in [4.78, 5) is 14.7. The summed E-state index contributed by atoms with van der Waals surface area (Å²) in [6, 6.07) is 9.15. The SMILES string of the molecule is O=C(Cc1c(Cl)cccc1Cl)NC[C@@H](c1ccco1)N1CCCC1. The van der Waals surface area contributed by atoms with Crippen molar-refractivity contribution in [2.45, 2.75) is 25.3 Å². The molecule has 1 N–H and O–H groups in total. The van der Waals surface area contributed by atoms with Crippen molar-refractivity contribution >= 4 is 29.1 Å². The zero-order chi connectivity index (χ0) is 16.9. The highest BCUT2D eigenvalue weighted by atomic mass is 35.5. The molecular weight excluding hydrogens is 347 g/mol. The average Bonchev–Trinajstić information content (AvgIpc) is 3.25. The molecule has 0 bridgehead atoms. The van der Waals surface area contributed by atoms with Crippen LogP contribution in [0.2, 0.25) is 10.0 Å². The van der Waals surface area contributed by atoms with Crippen molar-refractivity contribution < 1.29 is 9.21 Å². The predicted octanol–water partition coefficient (Wildman–Crippen LogP) is 4.08. The minimum Gasteiger partial charge on any atom is -0.468 e. The fourth-order valence-electron chi connectivity index (χ4n) is 3.08. The van der Waals surface area contributed by atoms with E-state index in [2.05, 4.69) is 10.2 Å². The van der Waals surface area contributed by atoms with E-state index in [0.717, 1.165) is 18.8 Å². The van der Waals surface area contributed by atoms with Crippen molar-refractivity contribution in [2.24, 2.45) is 0 Å². The lowest BCUT2D eigenvalue weighted by atomic mass is 10.1. The van der Waals surface area contributed by atoms with E-state index in [1.165, 1.54) is 12.8 Å². The Kier molecular flexibility index (Phi) is 5.82. The number of benzene rings is 1. The van der Waals surface area contributed by atoms with E-state index in [0.29, 0.717) is 22.2 Å². The van der Waals surface area contributed by atoms with Crippen LogP contribution < -0.4 is 5.32 Å². The predicted molar refractivity (Wildman–Crippen MR) is 95.4 cm³/mol. The van der Waals surface area contributed by atoms with E-state index in [-0.39, 0.29) is 18.4 Å². The maximum Gasteiger partial charge on any atom is 0.224 e. The normalized spacial score (nSPS) is 16.2. The number of likely N-dealkylation sites (tertiary alicyclic amines) is 1. The van der Waals surface area contributed by atoms with Crippen molar-refractivity contribution in [2.75, 3.05) is 19.6 Å². The van der Waals surface area contributed by atoms with Crippen molar-refractivity contribution in [3.63, 3.8) is 0 Å². The number of carbonyl (C=O) groups excluding carboxylic acids is 1. The van der Waals surface area contributed by atoms with Gasteiger partial charge < -0.3 is 9.73 Å². The van der Waals surface area contributed by atoms with Crippen LogP contribution in [0.5, 0.6) is 0 Å². The Morgan fingerprint density at radius 3 is 2.50 bits per heavy atom. The maximum atomic E-state index is 12.3. The van der Waals surface area contributed by atoms with Gasteiger partial charge in [-0.25, -0.2) is 0 Å². The lowest BCUT2D eigenvalue weighted by Crippen LogP contribution is -2.37. The molecule has 24 heavy (non-hydrogen) atoms. The van der Waals surface area contributed by atoms with Crippen LogP contribution in [-0.4, -0.2) is 30.4 Å². The van der Waals surface area contributed by atoms with E-state index in [9.17, 15) is 4.79 Å². The van der Waals surface area contributed by atoms with Crippen LogP contribution in [0.15, 0.2) is 41.0 Å². The molecule has 0 spiro atoms. The molecule has 6 heteroatoms. The monoisotopic (exact) mass is 366 g/mol. The van der Waals surface area contributed by atoms with Crippen molar-refractivity contribution in [1.29, 1.82) is 0 Å². The number of halogens is 2. The molecule has 1 amide bonds. The summed E-state index contributed by atoms with van der Waals surface area (Å²) in [6.07, 6.45) is 4.20. The first-order valence-electron chi connectivity index (χ1n) is 8.12. The second-order valence-corrected chi connectivity index (χ2v) is 6.77. The molecule has 1 aromatic carbocycles. The third-order valence-electron chi connectivity index (χ3n) is 4.34. The number of rotatable bonds is 6. The number of hydrogen-bond acceptors (Lipinski definition) is 3. The Morgan fingerprint density at radius 1 is 1.17 bits per heavy atom. The number of hydrogen-bond donors (Lipinski definition) is 1. The molecule has 1 fully saturated rings. The van der Waals surface area contributed by atoms with Gasteiger partial charge in [-0.1, -0.05) is 29.3 Å². The molecular formula is C18H20Cl2N2O2. The summed E-state index contributed by atoms with van der Waals surface area (Å²) in [6.45, 7) is 2.56. The summed E-state index contributed by atoms with van der Waals surface area (Å²) in [7, 11) is 0. The summed E-state index contributed by atoms with van der Waals surface area (Å²) >= 11 is 12.3. The van der Waals surface area contributed by atoms with Crippen molar-refractivity contribution in [3.05, 3.63) is 58.0 Å². The molecule has 0 aliphatic carbocycles. The molecule has 1 saturated heterocycles. The summed E-state index contributed by atoms with van der Waals surface area (Å²) in [5.41, 5.74) is 0.661. The van der Waals surface area contributed by atoms with E-state index in [1.54, 1.807) is 24.5 Å². The number of nitrogens with zero attached hydrogens (tertiary/aromatic N) is 1. The third kappa shape index (κ3) is 4.12.